The first-order valence-corrected chi connectivity index (χ1v) is 15.5. The first kappa shape index (κ1) is 36.9. The van der Waals surface area contributed by atoms with Crippen molar-refractivity contribution in [3.8, 4) is 17.7 Å². The zero-order chi connectivity index (χ0) is 36.7. The van der Waals surface area contributed by atoms with Crippen LogP contribution in [0.4, 0.5) is 21.7 Å². The van der Waals surface area contributed by atoms with Crippen LogP contribution in [0.2, 0.25) is 5.02 Å². The van der Waals surface area contributed by atoms with Gasteiger partial charge in [0.1, 0.15) is 34.0 Å². The molecular formula is C35H36ClFN8O5. The number of carboxylic acid groups (broad SMARTS) is 1. The molecule has 0 amide bonds. The average molecular weight is 703 g/mol. The SMILES string of the molecule is COc1ccc(Cn2cc(NC(C(C(=Nc3cnc(N(C)C)nc3OC)C(C)C)=C(N)C(=O)O)c3ccc(C#N)c(F)c3)cc(Cl)c2=O)cc1. The number of rotatable bonds is 13. The van der Waals surface area contributed by atoms with E-state index in [0.29, 0.717) is 11.7 Å². The summed E-state index contributed by atoms with van der Waals surface area (Å²) in [7, 11) is 6.47. The highest BCUT2D eigenvalue weighted by Gasteiger charge is 2.30. The first-order valence-electron chi connectivity index (χ1n) is 15.2. The summed E-state index contributed by atoms with van der Waals surface area (Å²) in [5.74, 6) is -1.68. The topological polar surface area (TPSA) is 181 Å². The molecule has 0 aliphatic carbocycles. The van der Waals surface area contributed by atoms with Crippen molar-refractivity contribution in [2.24, 2.45) is 16.6 Å². The van der Waals surface area contributed by atoms with Crippen LogP contribution < -0.4 is 31.0 Å². The largest absolute Gasteiger partial charge is 0.497 e. The van der Waals surface area contributed by atoms with E-state index >= 15 is 4.39 Å². The molecule has 4 N–H and O–H groups in total. The molecule has 15 heteroatoms. The van der Waals surface area contributed by atoms with Crippen molar-refractivity contribution in [1.82, 2.24) is 14.5 Å². The summed E-state index contributed by atoms with van der Waals surface area (Å²) in [5.41, 5.74) is 6.62. The number of ether oxygens (including phenoxy) is 2. The van der Waals surface area contributed by atoms with Gasteiger partial charge < -0.3 is 35.1 Å². The van der Waals surface area contributed by atoms with Crippen LogP contribution in [0.25, 0.3) is 0 Å². The van der Waals surface area contributed by atoms with E-state index < -0.39 is 35.0 Å². The smallest absolute Gasteiger partial charge is 0.352 e. The Bertz CT molecular complexity index is 2060. The van der Waals surface area contributed by atoms with Gasteiger partial charge in [-0.2, -0.15) is 10.2 Å². The summed E-state index contributed by atoms with van der Waals surface area (Å²) in [6, 6.07) is 12.9. The third-order valence-electron chi connectivity index (χ3n) is 7.50. The van der Waals surface area contributed by atoms with Gasteiger partial charge >= 0.3 is 5.97 Å². The third-order valence-corrected chi connectivity index (χ3v) is 7.77. The van der Waals surface area contributed by atoms with Gasteiger partial charge in [0.15, 0.2) is 0 Å². The van der Waals surface area contributed by atoms with Gasteiger partial charge in [0, 0.05) is 25.9 Å². The number of nitrogens with two attached hydrogens (primary N) is 1. The minimum absolute atomic E-state index is 0.0284. The molecular weight excluding hydrogens is 667 g/mol. The number of aliphatic imine (C=N–C) groups is 1. The lowest BCUT2D eigenvalue weighted by atomic mass is 9.87. The number of nitrogens with zero attached hydrogens (tertiary/aromatic N) is 6. The standard InChI is InChI=1S/C35H36ClFN8O5/c1-19(2)30(42-27-16-40-35(44(3)4)43-32(27)50-6)28(29(39)34(47)48)31(21-9-10-22(15-38)26(37)13-21)41-23-14-25(36)33(46)45(18-23)17-20-7-11-24(49-5)12-8-20/h7-14,16,18-19,31,41H,17,39H2,1-6H3,(H,47,48). The molecule has 13 nitrogen and oxygen atoms in total. The van der Waals surface area contributed by atoms with Crippen LogP contribution in [0.3, 0.4) is 0 Å². The van der Waals surface area contributed by atoms with Crippen LogP contribution in [0.1, 0.15) is 36.6 Å². The minimum atomic E-state index is -1.47. The lowest BCUT2D eigenvalue weighted by Gasteiger charge is -2.28. The molecule has 1 unspecified atom stereocenters. The number of hydrogen-bond donors (Lipinski definition) is 3. The highest BCUT2D eigenvalue weighted by atomic mass is 35.5. The van der Waals surface area contributed by atoms with Crippen LogP contribution in [0.5, 0.6) is 11.6 Å². The first-order chi connectivity index (χ1) is 23.8. The van der Waals surface area contributed by atoms with E-state index in [2.05, 4.69) is 15.3 Å². The lowest BCUT2D eigenvalue weighted by Crippen LogP contribution is -2.29. The summed E-state index contributed by atoms with van der Waals surface area (Å²) in [6.07, 6.45) is 2.93. The van der Waals surface area contributed by atoms with E-state index in [-0.39, 0.29) is 51.2 Å². The van der Waals surface area contributed by atoms with Gasteiger partial charge in [0.2, 0.25) is 11.8 Å². The van der Waals surface area contributed by atoms with Crippen molar-refractivity contribution in [2.45, 2.75) is 26.4 Å². The average Bonchev–Trinajstić information content (AvgIpc) is 3.09. The van der Waals surface area contributed by atoms with Crippen molar-refractivity contribution in [3.05, 3.63) is 110 Å². The Morgan fingerprint density at radius 3 is 2.44 bits per heavy atom. The van der Waals surface area contributed by atoms with Gasteiger partial charge in [-0.3, -0.25) is 4.79 Å². The number of aliphatic carboxylic acids is 1. The molecule has 4 aromatic rings. The summed E-state index contributed by atoms with van der Waals surface area (Å²) in [5, 5.41) is 22.7. The van der Waals surface area contributed by atoms with Crippen molar-refractivity contribution < 1.29 is 23.8 Å². The van der Waals surface area contributed by atoms with Crippen LogP contribution in [0, 0.1) is 23.1 Å². The third kappa shape index (κ3) is 8.37. The van der Waals surface area contributed by atoms with E-state index in [1.165, 1.54) is 42.3 Å². The van der Waals surface area contributed by atoms with E-state index in [0.717, 1.165) is 11.6 Å². The Kier molecular flexibility index (Phi) is 11.8. The summed E-state index contributed by atoms with van der Waals surface area (Å²) in [4.78, 5) is 40.9. The van der Waals surface area contributed by atoms with E-state index in [1.54, 1.807) is 70.3 Å². The molecule has 0 spiro atoms. The van der Waals surface area contributed by atoms with Gasteiger partial charge in [-0.15, -0.1) is 0 Å². The fourth-order valence-electron chi connectivity index (χ4n) is 4.99. The summed E-state index contributed by atoms with van der Waals surface area (Å²) < 4.78 is 27.3. The fraction of sp³-hybridized carbons (Fsp3) is 0.257. The highest BCUT2D eigenvalue weighted by Crippen LogP contribution is 2.35. The molecule has 50 heavy (non-hydrogen) atoms. The number of carbonyl (C=O) groups is 1. The molecule has 0 saturated carbocycles. The van der Waals surface area contributed by atoms with Gasteiger partial charge in [0.05, 0.1) is 50.0 Å². The van der Waals surface area contributed by atoms with Crippen LogP contribution in [-0.4, -0.2) is 59.6 Å². The van der Waals surface area contributed by atoms with Gasteiger partial charge in [-0.1, -0.05) is 43.6 Å². The Morgan fingerprint density at radius 1 is 1.18 bits per heavy atom. The van der Waals surface area contributed by atoms with E-state index in [9.17, 15) is 20.0 Å². The number of pyridine rings is 1. The lowest BCUT2D eigenvalue weighted by molar-refractivity contribution is -0.132. The van der Waals surface area contributed by atoms with Gasteiger partial charge in [-0.05, 0) is 47.4 Å². The molecule has 2 aromatic carbocycles. The molecule has 0 aliphatic heterocycles. The second-order valence-electron chi connectivity index (χ2n) is 11.5. The Labute approximate surface area is 293 Å². The maximum atomic E-state index is 15.2. The number of nitrogens with one attached hydrogen (secondary N) is 1. The predicted molar refractivity (Wildman–Crippen MR) is 189 cm³/mol. The van der Waals surface area contributed by atoms with Crippen molar-refractivity contribution >= 4 is 40.6 Å². The Hall–Kier alpha value is -5.94. The minimum Gasteiger partial charge on any atom is -0.497 e. The zero-order valence-corrected chi connectivity index (χ0v) is 29.0. The van der Waals surface area contributed by atoms with E-state index in [1.807, 2.05) is 0 Å². The fourth-order valence-corrected chi connectivity index (χ4v) is 5.22. The van der Waals surface area contributed by atoms with Crippen molar-refractivity contribution in [2.75, 3.05) is 38.5 Å². The van der Waals surface area contributed by atoms with Crippen LogP contribution in [0.15, 0.2) is 82.0 Å². The Morgan fingerprint density at radius 2 is 1.88 bits per heavy atom. The molecule has 0 bridgehead atoms. The molecule has 4 rings (SSSR count). The monoisotopic (exact) mass is 702 g/mol. The molecule has 1 atom stereocenters. The molecule has 0 aliphatic rings. The number of halogens is 2. The number of hydrogen-bond acceptors (Lipinski definition) is 11. The highest BCUT2D eigenvalue weighted by molar-refractivity contribution is 6.30. The van der Waals surface area contributed by atoms with Crippen LogP contribution >= 0.6 is 11.6 Å². The second kappa shape index (κ2) is 16.0. The van der Waals surface area contributed by atoms with Crippen molar-refractivity contribution in [3.63, 3.8) is 0 Å². The predicted octanol–water partition coefficient (Wildman–Crippen LogP) is 5.31. The van der Waals surface area contributed by atoms with Gasteiger partial charge in [-0.25, -0.2) is 19.2 Å². The normalized spacial score (nSPS) is 12.5. The molecule has 0 saturated heterocycles. The quantitative estimate of drug-likeness (QED) is 0.121. The number of nitriles is 1. The summed E-state index contributed by atoms with van der Waals surface area (Å²) in [6.45, 7) is 3.69. The molecule has 2 heterocycles. The maximum Gasteiger partial charge on any atom is 0.352 e. The number of benzene rings is 2. The Balaban J connectivity index is 1.96. The zero-order valence-electron chi connectivity index (χ0n) is 28.2. The van der Waals surface area contributed by atoms with E-state index in [4.69, 9.17) is 31.8 Å². The van der Waals surface area contributed by atoms with Crippen LogP contribution in [-0.2, 0) is 11.3 Å². The molecule has 2 aromatic heterocycles. The number of anilines is 2. The maximum absolute atomic E-state index is 15.2. The molecule has 0 radical (unpaired) electrons. The van der Waals surface area contributed by atoms with Crippen molar-refractivity contribution in [1.29, 1.82) is 5.26 Å². The number of aromatic nitrogens is 3. The molecule has 0 fully saturated rings. The number of methoxy groups -OCH3 is 2. The summed E-state index contributed by atoms with van der Waals surface area (Å²) >= 11 is 6.43. The molecule has 260 valence electrons. The van der Waals surface area contributed by atoms with Gasteiger partial charge in [0.25, 0.3) is 5.56 Å². The number of carboxylic acids is 1. The second-order valence-corrected chi connectivity index (χ2v) is 11.9.